The second-order valence-electron chi connectivity index (χ2n) is 7.42. The van der Waals surface area contributed by atoms with Crippen molar-refractivity contribution in [3.63, 3.8) is 0 Å². The minimum atomic E-state index is -3.82. The third-order valence-corrected chi connectivity index (χ3v) is 8.39. The molecule has 0 aliphatic heterocycles. The molecule has 34 heavy (non-hydrogen) atoms. The first kappa shape index (κ1) is 22.5. The average Bonchev–Trinajstić information content (AvgIpc) is 3.52. The van der Waals surface area contributed by atoms with Gasteiger partial charge >= 0.3 is 0 Å². The molecule has 0 aliphatic carbocycles. The molecule has 0 bridgehead atoms. The molecule has 1 N–H and O–H groups in total. The lowest BCUT2D eigenvalue weighted by molar-refractivity contribution is 0.415. The zero-order valence-corrected chi connectivity index (χ0v) is 20.3. The second-order valence-corrected chi connectivity index (χ2v) is 10.7. The van der Waals surface area contributed by atoms with Gasteiger partial charge in [-0.25, -0.2) is 18.4 Å². The van der Waals surface area contributed by atoms with E-state index in [2.05, 4.69) is 14.7 Å². The maximum Gasteiger partial charge on any atom is 0.250 e. The molecule has 0 saturated heterocycles. The van der Waals surface area contributed by atoms with Gasteiger partial charge in [-0.2, -0.15) is 4.72 Å². The summed E-state index contributed by atoms with van der Waals surface area (Å²) in [5.41, 5.74) is 2.18. The minimum Gasteiger partial charge on any atom is -0.497 e. The molecule has 5 rings (SSSR count). The van der Waals surface area contributed by atoms with Crippen LogP contribution in [-0.4, -0.2) is 30.1 Å². The zero-order chi connectivity index (χ0) is 23.7. The Morgan fingerprint density at radius 2 is 1.79 bits per heavy atom. The summed E-state index contributed by atoms with van der Waals surface area (Å²) >= 11 is 7.28. The average molecular weight is 511 g/mol. The molecule has 0 spiro atoms. The SMILES string of the molecule is COc1ccc2c(c1)cc(C(NS(=O)(=O)c1cccs1)c1ccc(Cl)cc1)n2-c1ncccn1. The Kier molecular flexibility index (Phi) is 6.09. The summed E-state index contributed by atoms with van der Waals surface area (Å²) in [6, 6.07) is 18.9. The third kappa shape index (κ3) is 4.30. The maximum absolute atomic E-state index is 13.3. The molecule has 172 valence electrons. The van der Waals surface area contributed by atoms with Crippen molar-refractivity contribution in [2.75, 3.05) is 7.11 Å². The number of methoxy groups -OCH3 is 1. The molecule has 0 aliphatic rings. The standard InChI is InChI=1S/C24H19ClN4O3S2/c1-32-19-9-10-20-17(14-19)15-21(29(20)24-26-11-3-12-27-24)23(16-5-7-18(25)8-6-16)28-34(30,31)22-4-2-13-33-22/h2-15,23,28H,1H3. The first-order valence-electron chi connectivity index (χ1n) is 10.2. The van der Waals surface area contributed by atoms with E-state index in [1.54, 1.807) is 67.3 Å². The van der Waals surface area contributed by atoms with Gasteiger partial charge in [-0.3, -0.25) is 4.57 Å². The summed E-state index contributed by atoms with van der Waals surface area (Å²) in [6.45, 7) is 0. The van der Waals surface area contributed by atoms with Gasteiger partial charge in [-0.05, 0) is 59.5 Å². The van der Waals surface area contributed by atoms with E-state index in [9.17, 15) is 8.42 Å². The molecule has 0 saturated carbocycles. The Bertz CT molecular complexity index is 1530. The van der Waals surface area contributed by atoms with Crippen molar-refractivity contribution in [2.45, 2.75) is 10.3 Å². The van der Waals surface area contributed by atoms with E-state index >= 15 is 0 Å². The summed E-state index contributed by atoms with van der Waals surface area (Å²) in [4.78, 5) is 8.87. The van der Waals surface area contributed by atoms with E-state index in [1.807, 2.05) is 28.8 Å². The van der Waals surface area contributed by atoms with Gasteiger partial charge in [0.25, 0.3) is 10.0 Å². The molecule has 7 nitrogen and oxygen atoms in total. The number of fused-ring (bicyclic) bond motifs is 1. The molecule has 0 radical (unpaired) electrons. The number of aromatic nitrogens is 3. The molecular weight excluding hydrogens is 492 g/mol. The summed E-state index contributed by atoms with van der Waals surface area (Å²) in [5.74, 6) is 1.11. The second kappa shape index (κ2) is 9.19. The van der Waals surface area contributed by atoms with Crippen LogP contribution < -0.4 is 9.46 Å². The van der Waals surface area contributed by atoms with Crippen LogP contribution in [0.15, 0.2) is 88.7 Å². The lowest BCUT2D eigenvalue weighted by Crippen LogP contribution is -2.30. The largest absolute Gasteiger partial charge is 0.497 e. The monoisotopic (exact) mass is 510 g/mol. The highest BCUT2D eigenvalue weighted by molar-refractivity contribution is 7.91. The summed E-state index contributed by atoms with van der Waals surface area (Å²) in [7, 11) is -2.21. The Morgan fingerprint density at radius 1 is 1.03 bits per heavy atom. The van der Waals surface area contributed by atoms with Crippen LogP contribution in [0, 0.1) is 0 Å². The predicted molar refractivity (Wildman–Crippen MR) is 133 cm³/mol. The van der Waals surface area contributed by atoms with Crippen LogP contribution >= 0.6 is 22.9 Å². The van der Waals surface area contributed by atoms with Crippen LogP contribution in [0.2, 0.25) is 5.02 Å². The normalized spacial score (nSPS) is 12.6. The van der Waals surface area contributed by atoms with Crippen LogP contribution in [0.1, 0.15) is 17.3 Å². The van der Waals surface area contributed by atoms with Gasteiger partial charge in [0.1, 0.15) is 9.96 Å². The van der Waals surface area contributed by atoms with Crippen molar-refractivity contribution < 1.29 is 13.2 Å². The summed E-state index contributed by atoms with van der Waals surface area (Å²) in [5, 5.41) is 3.14. The number of hydrogen-bond donors (Lipinski definition) is 1. The fourth-order valence-corrected chi connectivity index (χ4v) is 6.10. The molecule has 5 aromatic rings. The number of thiophene rings is 1. The van der Waals surface area contributed by atoms with Gasteiger partial charge in [0, 0.05) is 28.5 Å². The van der Waals surface area contributed by atoms with Gasteiger partial charge < -0.3 is 4.74 Å². The summed E-state index contributed by atoms with van der Waals surface area (Å²) < 4.78 is 36.9. The number of hydrogen-bond acceptors (Lipinski definition) is 6. The lowest BCUT2D eigenvalue weighted by Gasteiger charge is -2.21. The summed E-state index contributed by atoms with van der Waals surface area (Å²) in [6.07, 6.45) is 3.29. The van der Waals surface area contributed by atoms with Crippen LogP contribution in [-0.2, 0) is 10.0 Å². The van der Waals surface area contributed by atoms with Crippen molar-refractivity contribution in [1.82, 2.24) is 19.3 Å². The molecule has 1 unspecified atom stereocenters. The van der Waals surface area contributed by atoms with Gasteiger partial charge in [-0.15, -0.1) is 11.3 Å². The van der Waals surface area contributed by atoms with Crippen LogP contribution in [0.4, 0.5) is 0 Å². The predicted octanol–water partition coefficient (Wildman–Crippen LogP) is 5.21. The molecule has 3 aromatic heterocycles. The van der Waals surface area contributed by atoms with Gasteiger partial charge in [0.2, 0.25) is 5.95 Å². The Morgan fingerprint density at radius 3 is 2.47 bits per heavy atom. The Labute approximate surface area is 205 Å². The number of sulfonamides is 1. The van der Waals surface area contributed by atoms with Crippen molar-refractivity contribution in [3.8, 4) is 11.7 Å². The zero-order valence-electron chi connectivity index (χ0n) is 17.9. The van der Waals surface area contributed by atoms with E-state index in [-0.39, 0.29) is 4.21 Å². The number of halogens is 1. The van der Waals surface area contributed by atoms with E-state index in [1.165, 1.54) is 0 Å². The number of rotatable bonds is 7. The quantitative estimate of drug-likeness (QED) is 0.325. The van der Waals surface area contributed by atoms with Crippen LogP contribution in [0.25, 0.3) is 16.9 Å². The number of nitrogens with zero attached hydrogens (tertiary/aromatic N) is 3. The minimum absolute atomic E-state index is 0.228. The number of nitrogens with one attached hydrogen (secondary N) is 1. The molecule has 10 heteroatoms. The van der Waals surface area contributed by atoms with E-state index in [4.69, 9.17) is 16.3 Å². The first-order chi connectivity index (χ1) is 16.5. The van der Waals surface area contributed by atoms with Gasteiger partial charge in [-0.1, -0.05) is 29.8 Å². The Hall–Kier alpha value is -3.24. The first-order valence-corrected chi connectivity index (χ1v) is 13.0. The molecule has 2 aromatic carbocycles. The molecule has 0 amide bonds. The maximum atomic E-state index is 13.3. The molecular formula is C24H19ClN4O3S2. The van der Waals surface area contributed by atoms with Gasteiger partial charge in [0.05, 0.1) is 18.7 Å². The molecule has 3 heterocycles. The highest BCUT2D eigenvalue weighted by atomic mass is 35.5. The highest BCUT2D eigenvalue weighted by Gasteiger charge is 2.28. The lowest BCUT2D eigenvalue weighted by atomic mass is 10.0. The van der Waals surface area contributed by atoms with Crippen LogP contribution in [0.5, 0.6) is 5.75 Å². The topological polar surface area (TPSA) is 86.1 Å². The van der Waals surface area contributed by atoms with E-state index in [0.717, 1.165) is 27.8 Å². The Balaban J connectivity index is 1.75. The fraction of sp³-hybridized carbons (Fsp3) is 0.0833. The van der Waals surface area contributed by atoms with Crippen molar-refractivity contribution in [3.05, 3.63) is 101 Å². The van der Waals surface area contributed by atoms with Crippen molar-refractivity contribution in [2.24, 2.45) is 0 Å². The number of benzene rings is 2. The smallest absolute Gasteiger partial charge is 0.250 e. The fourth-order valence-electron chi connectivity index (χ4n) is 3.77. The van der Waals surface area contributed by atoms with E-state index < -0.39 is 16.1 Å². The van der Waals surface area contributed by atoms with Crippen molar-refractivity contribution in [1.29, 1.82) is 0 Å². The molecule has 1 atom stereocenters. The van der Waals surface area contributed by atoms with Crippen molar-refractivity contribution >= 4 is 43.9 Å². The molecule has 0 fully saturated rings. The van der Waals surface area contributed by atoms with Crippen LogP contribution in [0.3, 0.4) is 0 Å². The van der Waals surface area contributed by atoms with Gasteiger partial charge in [0.15, 0.2) is 0 Å². The number of ether oxygens (including phenoxy) is 1. The van der Waals surface area contributed by atoms with E-state index in [0.29, 0.717) is 22.4 Å². The third-order valence-electron chi connectivity index (χ3n) is 5.32. The highest BCUT2D eigenvalue weighted by Crippen LogP contribution is 2.34.